The molecule has 0 radical (unpaired) electrons. The van der Waals surface area contributed by atoms with Gasteiger partial charge in [0.1, 0.15) is 11.2 Å². The second-order valence-corrected chi connectivity index (χ2v) is 16.0. The van der Waals surface area contributed by atoms with Gasteiger partial charge in [0.05, 0.1) is 22.4 Å². The zero-order chi connectivity index (χ0) is 35.9. The molecule has 258 valence electrons. The summed E-state index contributed by atoms with van der Waals surface area (Å²) in [5.41, 5.74) is 14.1. The molecule has 0 spiro atoms. The number of rotatable bonds is 5. The van der Waals surface area contributed by atoms with Crippen LogP contribution in [-0.2, 0) is 10.8 Å². The minimum atomic E-state index is 0.101. The summed E-state index contributed by atoms with van der Waals surface area (Å²) in [6.45, 7) is 9.56. The fourth-order valence-electron chi connectivity index (χ4n) is 8.94. The van der Waals surface area contributed by atoms with Gasteiger partial charge < -0.3 is 13.9 Å². The van der Waals surface area contributed by atoms with E-state index in [9.17, 15) is 0 Å². The van der Waals surface area contributed by atoms with Crippen LogP contribution in [0.25, 0.3) is 60.6 Å². The van der Waals surface area contributed by atoms with Crippen LogP contribution >= 0.6 is 0 Å². The predicted molar refractivity (Wildman–Crippen MR) is 223 cm³/mol. The average Bonchev–Trinajstić information content (AvgIpc) is 3.73. The lowest BCUT2D eigenvalue weighted by Crippen LogP contribution is -2.33. The van der Waals surface area contributed by atoms with Crippen LogP contribution in [0.15, 0.2) is 162 Å². The number of aromatic nitrogens is 1. The van der Waals surface area contributed by atoms with Crippen LogP contribution in [-0.4, -0.2) is 4.57 Å². The molecule has 7 aromatic carbocycles. The molecule has 10 rings (SSSR count). The Morgan fingerprint density at radius 3 is 1.92 bits per heavy atom. The monoisotopic (exact) mass is 686 g/mol. The molecule has 0 aliphatic heterocycles. The third-order valence-electron chi connectivity index (χ3n) is 11.8. The topological polar surface area (TPSA) is 21.3 Å². The summed E-state index contributed by atoms with van der Waals surface area (Å²) in [5.74, 6) is 0. The summed E-state index contributed by atoms with van der Waals surface area (Å²) in [7, 11) is 0. The second-order valence-electron chi connectivity index (χ2n) is 16.0. The lowest BCUT2D eigenvalue weighted by atomic mass is 9.63. The van der Waals surface area contributed by atoms with Gasteiger partial charge in [-0.2, -0.15) is 0 Å². The fraction of sp³-hybridized carbons (Fsp3) is 0.160. The molecule has 2 aromatic heterocycles. The Labute approximate surface area is 310 Å². The highest BCUT2D eigenvalue weighted by atomic mass is 16.3. The standard InChI is InChI=1S/C50H42N2O/c1-49(2)28-29-50(3,4)41-32-47-39(31-40(41)49)38-30-35(26-27-46(38)53-47)52(42-22-13-11-20-36(42)33-16-7-5-8-17-33)45-25-15-24-44-48(45)37-21-12-14-23-43(37)51(44)34-18-9-6-10-19-34/h5-27,30-32H,28-29H2,1-4H3. The normalized spacial score (nSPS) is 14.9. The first-order chi connectivity index (χ1) is 25.8. The van der Waals surface area contributed by atoms with Crippen LogP contribution in [0, 0.1) is 0 Å². The maximum Gasteiger partial charge on any atom is 0.135 e. The maximum atomic E-state index is 6.68. The molecule has 0 fully saturated rings. The molecule has 3 nitrogen and oxygen atoms in total. The predicted octanol–water partition coefficient (Wildman–Crippen LogP) is 14.2. The summed E-state index contributed by atoms with van der Waals surface area (Å²) in [5, 5.41) is 4.75. The third kappa shape index (κ3) is 4.94. The Kier molecular flexibility index (Phi) is 7.01. The summed E-state index contributed by atoms with van der Waals surface area (Å²) in [4.78, 5) is 2.47. The Hall–Kier alpha value is -6.06. The number of para-hydroxylation sites is 3. The van der Waals surface area contributed by atoms with E-state index in [1.165, 1.54) is 62.3 Å². The van der Waals surface area contributed by atoms with Crippen molar-refractivity contribution in [1.29, 1.82) is 0 Å². The van der Waals surface area contributed by atoms with Gasteiger partial charge in [0.15, 0.2) is 0 Å². The highest BCUT2D eigenvalue weighted by Gasteiger charge is 2.38. The number of fused-ring (bicyclic) bond motifs is 7. The van der Waals surface area contributed by atoms with E-state index in [0.717, 1.165) is 39.3 Å². The van der Waals surface area contributed by atoms with Gasteiger partial charge in [0, 0.05) is 38.5 Å². The SMILES string of the molecule is CC1(C)CCC(C)(C)c2cc3c(cc21)oc1ccc(N(c2ccccc2-c2ccccc2)c2cccc4c2c2ccccc2n4-c2ccccc2)cc13. The number of benzene rings is 7. The summed E-state index contributed by atoms with van der Waals surface area (Å²) < 4.78 is 9.08. The summed E-state index contributed by atoms with van der Waals surface area (Å²) in [6.07, 6.45) is 2.34. The van der Waals surface area contributed by atoms with Crippen LogP contribution in [0.2, 0.25) is 0 Å². The Balaban J connectivity index is 1.28. The van der Waals surface area contributed by atoms with Crippen molar-refractivity contribution < 1.29 is 4.42 Å². The van der Waals surface area contributed by atoms with Gasteiger partial charge in [0.2, 0.25) is 0 Å². The number of hydrogen-bond donors (Lipinski definition) is 0. The van der Waals surface area contributed by atoms with E-state index in [4.69, 9.17) is 4.42 Å². The van der Waals surface area contributed by atoms with Gasteiger partial charge in [-0.05, 0) is 107 Å². The van der Waals surface area contributed by atoms with Crippen molar-refractivity contribution in [3.63, 3.8) is 0 Å². The first-order valence-electron chi connectivity index (χ1n) is 18.8. The third-order valence-corrected chi connectivity index (χ3v) is 11.8. The van der Waals surface area contributed by atoms with Crippen molar-refractivity contribution in [2.45, 2.75) is 51.4 Å². The van der Waals surface area contributed by atoms with Gasteiger partial charge >= 0.3 is 0 Å². The number of nitrogens with zero attached hydrogens (tertiary/aromatic N) is 2. The molecule has 1 aliphatic rings. The van der Waals surface area contributed by atoms with Crippen LogP contribution in [0.4, 0.5) is 17.1 Å². The lowest BCUT2D eigenvalue weighted by molar-refractivity contribution is 0.332. The minimum absolute atomic E-state index is 0.101. The summed E-state index contributed by atoms with van der Waals surface area (Å²) >= 11 is 0. The van der Waals surface area contributed by atoms with E-state index in [2.05, 4.69) is 195 Å². The largest absolute Gasteiger partial charge is 0.456 e. The Morgan fingerprint density at radius 2 is 1.13 bits per heavy atom. The fourth-order valence-corrected chi connectivity index (χ4v) is 8.94. The maximum absolute atomic E-state index is 6.68. The first kappa shape index (κ1) is 31.7. The second kappa shape index (κ2) is 11.7. The van der Waals surface area contributed by atoms with E-state index in [0.29, 0.717) is 0 Å². The smallest absolute Gasteiger partial charge is 0.135 e. The highest BCUT2D eigenvalue weighted by molar-refractivity contribution is 6.17. The minimum Gasteiger partial charge on any atom is -0.456 e. The molecule has 3 heteroatoms. The molecular formula is C50H42N2O. The van der Waals surface area contributed by atoms with E-state index >= 15 is 0 Å². The van der Waals surface area contributed by atoms with E-state index in [-0.39, 0.29) is 10.8 Å². The molecule has 0 N–H and O–H groups in total. The quantitative estimate of drug-likeness (QED) is 0.180. The van der Waals surface area contributed by atoms with Crippen LogP contribution in [0.3, 0.4) is 0 Å². The Morgan fingerprint density at radius 1 is 0.509 bits per heavy atom. The van der Waals surface area contributed by atoms with Gasteiger partial charge in [-0.3, -0.25) is 0 Å². The molecule has 2 heterocycles. The van der Waals surface area contributed by atoms with Crippen molar-refractivity contribution in [2.75, 3.05) is 4.90 Å². The van der Waals surface area contributed by atoms with Gasteiger partial charge in [-0.25, -0.2) is 0 Å². The lowest BCUT2D eigenvalue weighted by Gasteiger charge is -2.41. The van der Waals surface area contributed by atoms with Crippen molar-refractivity contribution in [2.24, 2.45) is 0 Å². The van der Waals surface area contributed by atoms with Crippen molar-refractivity contribution in [3.05, 3.63) is 169 Å². The molecule has 0 bridgehead atoms. The molecule has 53 heavy (non-hydrogen) atoms. The van der Waals surface area contributed by atoms with Gasteiger partial charge in [-0.15, -0.1) is 0 Å². The highest BCUT2D eigenvalue weighted by Crippen LogP contribution is 2.50. The van der Waals surface area contributed by atoms with Crippen molar-refractivity contribution in [1.82, 2.24) is 4.57 Å². The average molecular weight is 687 g/mol. The zero-order valence-electron chi connectivity index (χ0n) is 30.7. The van der Waals surface area contributed by atoms with Gasteiger partial charge in [0.25, 0.3) is 0 Å². The van der Waals surface area contributed by atoms with Crippen LogP contribution < -0.4 is 4.90 Å². The number of hydrogen-bond acceptors (Lipinski definition) is 2. The first-order valence-corrected chi connectivity index (χ1v) is 18.8. The van der Waals surface area contributed by atoms with Crippen LogP contribution in [0.5, 0.6) is 0 Å². The molecular weight excluding hydrogens is 645 g/mol. The molecule has 0 saturated carbocycles. The molecule has 0 saturated heterocycles. The van der Waals surface area contributed by atoms with Crippen LogP contribution in [0.1, 0.15) is 51.7 Å². The molecule has 1 aliphatic carbocycles. The summed E-state index contributed by atoms with van der Waals surface area (Å²) in [6, 6.07) is 57.3. The molecule has 0 amide bonds. The zero-order valence-corrected chi connectivity index (χ0v) is 30.7. The number of anilines is 3. The molecule has 0 unspecified atom stereocenters. The van der Waals surface area contributed by atoms with E-state index in [1.807, 2.05) is 0 Å². The van der Waals surface area contributed by atoms with E-state index < -0.39 is 0 Å². The molecule has 9 aromatic rings. The molecule has 0 atom stereocenters. The van der Waals surface area contributed by atoms with Crippen molar-refractivity contribution in [3.8, 4) is 16.8 Å². The number of furan rings is 1. The van der Waals surface area contributed by atoms with Crippen molar-refractivity contribution >= 4 is 60.8 Å². The Bertz CT molecular complexity index is 2840. The van der Waals surface area contributed by atoms with Gasteiger partial charge in [-0.1, -0.05) is 119 Å². The van der Waals surface area contributed by atoms with E-state index in [1.54, 1.807) is 0 Å².